The molecule has 9 nitrogen and oxygen atoms in total. The molecule has 0 aromatic heterocycles. The van der Waals surface area contributed by atoms with Gasteiger partial charge in [-0.1, -0.05) is 205 Å². The van der Waals surface area contributed by atoms with Crippen LogP contribution in [0.2, 0.25) is 0 Å². The molecule has 55 heavy (non-hydrogen) atoms. The number of hydrogen-bond acceptors (Lipinski definition) is 7. The average molecular weight is 775 g/mol. The summed E-state index contributed by atoms with van der Waals surface area (Å²) < 4.78 is 11.6. The number of hydrogen-bond donors (Lipinski definition) is 4. The van der Waals surface area contributed by atoms with Gasteiger partial charge in [0.15, 0.2) is 6.23 Å². The van der Waals surface area contributed by atoms with E-state index in [0.717, 1.165) is 50.5 Å². The van der Waals surface area contributed by atoms with E-state index in [1.54, 1.807) is 4.90 Å². The Morgan fingerprint density at radius 2 is 1.07 bits per heavy atom. The van der Waals surface area contributed by atoms with Crippen LogP contribution in [-0.2, 0) is 20.9 Å². The van der Waals surface area contributed by atoms with Crippen LogP contribution in [0.25, 0.3) is 0 Å². The molecule has 1 aliphatic heterocycles. The molecule has 0 radical (unpaired) electrons. The number of alkyl carbamates (subject to hydrolysis) is 1. The van der Waals surface area contributed by atoms with Crippen LogP contribution in [0.1, 0.15) is 199 Å². The fraction of sp³-hybridized carbons (Fsp3) is 0.826. The molecule has 1 aliphatic rings. The van der Waals surface area contributed by atoms with Crippen LogP contribution in [0.4, 0.5) is 4.79 Å². The molecule has 1 fully saturated rings. The second-order valence-corrected chi connectivity index (χ2v) is 16.1. The first-order valence-electron chi connectivity index (χ1n) is 22.8. The number of rotatable bonds is 34. The lowest BCUT2D eigenvalue weighted by Gasteiger charge is -2.46. The fourth-order valence-electron chi connectivity index (χ4n) is 7.73. The molecule has 5 atom stereocenters. The monoisotopic (exact) mass is 775 g/mol. The molecule has 318 valence electrons. The minimum absolute atomic E-state index is 0.0313. The maximum atomic E-state index is 13.9. The summed E-state index contributed by atoms with van der Waals surface area (Å²) in [4.78, 5) is 28.5. The van der Waals surface area contributed by atoms with Gasteiger partial charge in [0.2, 0.25) is 5.91 Å². The first-order chi connectivity index (χ1) is 26.9. The number of aliphatic hydroxyl groups is 3. The van der Waals surface area contributed by atoms with Gasteiger partial charge in [0.1, 0.15) is 31.0 Å². The van der Waals surface area contributed by atoms with Crippen molar-refractivity contribution in [1.29, 1.82) is 0 Å². The van der Waals surface area contributed by atoms with Crippen LogP contribution in [0.5, 0.6) is 0 Å². The van der Waals surface area contributed by atoms with Crippen molar-refractivity contribution in [2.75, 3.05) is 13.2 Å². The van der Waals surface area contributed by atoms with Gasteiger partial charge in [0.05, 0.1) is 6.61 Å². The Balaban J connectivity index is 1.89. The maximum Gasteiger partial charge on any atom is 0.407 e. The number of aliphatic hydroxyl groups excluding tert-OH is 3. The summed E-state index contributed by atoms with van der Waals surface area (Å²) in [6.07, 6.45) is 27.6. The van der Waals surface area contributed by atoms with Gasteiger partial charge in [-0.3, -0.25) is 4.79 Å². The van der Waals surface area contributed by atoms with Gasteiger partial charge in [-0.05, 0) is 18.4 Å². The van der Waals surface area contributed by atoms with Crippen LogP contribution >= 0.6 is 0 Å². The van der Waals surface area contributed by atoms with Gasteiger partial charge < -0.3 is 35.0 Å². The number of amides is 2. The van der Waals surface area contributed by atoms with E-state index in [9.17, 15) is 24.9 Å². The molecular weight excluding hydrogens is 693 g/mol. The zero-order valence-electron chi connectivity index (χ0n) is 35.1. The summed E-state index contributed by atoms with van der Waals surface area (Å²) in [6, 6.07) is 8.14. The van der Waals surface area contributed by atoms with Crippen LogP contribution in [0.3, 0.4) is 0 Å². The lowest BCUT2D eigenvalue weighted by Crippen LogP contribution is -2.68. The third-order valence-corrected chi connectivity index (χ3v) is 11.3. The van der Waals surface area contributed by atoms with Gasteiger partial charge in [0, 0.05) is 13.0 Å². The van der Waals surface area contributed by atoms with E-state index in [0.29, 0.717) is 13.0 Å². The fourth-order valence-corrected chi connectivity index (χ4v) is 7.73. The number of carbonyl (C=O) groups excluding carboxylic acids is 2. The van der Waals surface area contributed by atoms with Crippen LogP contribution < -0.4 is 5.32 Å². The number of unbranched alkanes of at least 4 members (excludes halogenated alkanes) is 25. The SMILES string of the molecule is CCCCCCCCCCCCCCCCCC(=O)N(CCCCCCCCCCCCCC)[C@@H]1O[C@H](CO)[C@@H](O)[C@H](O)[C@H]1NC(=O)OCc1ccccc1. The van der Waals surface area contributed by atoms with Crippen molar-refractivity contribution in [3.8, 4) is 0 Å². The van der Waals surface area contributed by atoms with Crippen molar-refractivity contribution in [3.63, 3.8) is 0 Å². The number of nitrogens with one attached hydrogen (secondary N) is 1. The number of ether oxygens (including phenoxy) is 2. The Bertz CT molecular complexity index is 1060. The molecule has 2 rings (SSSR count). The summed E-state index contributed by atoms with van der Waals surface area (Å²) in [6.45, 7) is 4.42. The molecule has 1 aromatic carbocycles. The lowest BCUT2D eigenvalue weighted by atomic mass is 9.95. The maximum absolute atomic E-state index is 13.9. The Morgan fingerprint density at radius 3 is 1.53 bits per heavy atom. The number of benzene rings is 1. The zero-order valence-corrected chi connectivity index (χ0v) is 35.1. The van der Waals surface area contributed by atoms with Gasteiger partial charge in [-0.15, -0.1) is 0 Å². The van der Waals surface area contributed by atoms with Crippen LogP contribution in [0.15, 0.2) is 30.3 Å². The molecule has 0 unspecified atom stereocenters. The van der Waals surface area contributed by atoms with Gasteiger partial charge >= 0.3 is 6.09 Å². The molecule has 0 bridgehead atoms. The lowest BCUT2D eigenvalue weighted by molar-refractivity contribution is -0.230. The third kappa shape index (κ3) is 22.4. The molecule has 9 heteroatoms. The Labute approximate surface area is 335 Å². The van der Waals surface area contributed by atoms with Crippen LogP contribution in [0, 0.1) is 0 Å². The van der Waals surface area contributed by atoms with E-state index < -0.39 is 43.3 Å². The predicted molar refractivity (Wildman–Crippen MR) is 224 cm³/mol. The minimum Gasteiger partial charge on any atom is -0.445 e. The molecule has 4 N–H and O–H groups in total. The normalized spacial score (nSPS) is 19.7. The molecule has 1 aromatic rings. The molecule has 1 heterocycles. The second kappa shape index (κ2) is 32.8. The molecule has 1 saturated heterocycles. The van der Waals surface area contributed by atoms with E-state index >= 15 is 0 Å². The zero-order chi connectivity index (χ0) is 39.8. The van der Waals surface area contributed by atoms with Crippen molar-refractivity contribution in [2.45, 2.75) is 231 Å². The standard InChI is InChI=1S/C46H82N2O7/c1-3-5-7-9-11-13-15-17-18-19-20-22-24-26-31-35-41(50)48(36-32-27-25-23-21-16-14-12-10-8-6-4-2)45-42(44(52)43(51)40(37-49)55-45)47-46(53)54-38-39-33-29-28-30-34-39/h28-30,33-34,40,42-45,49,51-52H,3-27,31-32,35-38H2,1-2H3,(H,47,53)/t40-,42-,43-,44-,45-/m1/s1. The van der Waals surface area contributed by atoms with E-state index in [-0.39, 0.29) is 12.5 Å². The van der Waals surface area contributed by atoms with Crippen molar-refractivity contribution < 1.29 is 34.4 Å². The second-order valence-electron chi connectivity index (χ2n) is 16.1. The highest BCUT2D eigenvalue weighted by Gasteiger charge is 2.48. The van der Waals surface area contributed by atoms with Gasteiger partial charge in [-0.25, -0.2) is 4.79 Å². The Morgan fingerprint density at radius 1 is 0.636 bits per heavy atom. The predicted octanol–water partition coefficient (Wildman–Crippen LogP) is 10.5. The van der Waals surface area contributed by atoms with Crippen molar-refractivity contribution in [3.05, 3.63) is 35.9 Å². The number of carbonyl (C=O) groups is 2. The van der Waals surface area contributed by atoms with Crippen molar-refractivity contribution >= 4 is 12.0 Å². The summed E-state index contributed by atoms with van der Waals surface area (Å²) in [5.41, 5.74) is 0.808. The van der Waals surface area contributed by atoms with Gasteiger partial charge in [-0.2, -0.15) is 0 Å². The number of nitrogens with zero attached hydrogens (tertiary/aromatic N) is 1. The van der Waals surface area contributed by atoms with Crippen molar-refractivity contribution in [1.82, 2.24) is 10.2 Å². The first-order valence-corrected chi connectivity index (χ1v) is 22.8. The molecule has 0 saturated carbocycles. The quantitative estimate of drug-likeness (QED) is 0.0513. The van der Waals surface area contributed by atoms with Gasteiger partial charge in [0.25, 0.3) is 0 Å². The first kappa shape index (κ1) is 48.9. The third-order valence-electron chi connectivity index (χ3n) is 11.3. The average Bonchev–Trinajstić information content (AvgIpc) is 3.20. The van der Waals surface area contributed by atoms with E-state index in [1.165, 1.54) is 128 Å². The highest BCUT2D eigenvalue weighted by Crippen LogP contribution is 2.26. The summed E-state index contributed by atoms with van der Waals surface area (Å²) in [5, 5.41) is 34.7. The molecule has 0 aliphatic carbocycles. The highest BCUT2D eigenvalue weighted by molar-refractivity contribution is 5.76. The Hall–Kier alpha value is -2.20. The van der Waals surface area contributed by atoms with E-state index in [2.05, 4.69) is 19.2 Å². The summed E-state index contributed by atoms with van der Waals surface area (Å²) in [7, 11) is 0. The van der Waals surface area contributed by atoms with Crippen LogP contribution in [-0.4, -0.2) is 76.0 Å². The highest BCUT2D eigenvalue weighted by atomic mass is 16.6. The topological polar surface area (TPSA) is 129 Å². The van der Waals surface area contributed by atoms with E-state index in [4.69, 9.17) is 9.47 Å². The smallest absolute Gasteiger partial charge is 0.407 e. The minimum atomic E-state index is -1.47. The Kier molecular flexibility index (Phi) is 29.2. The molecular formula is C46H82N2O7. The molecule has 0 spiro atoms. The summed E-state index contributed by atoms with van der Waals surface area (Å²) >= 11 is 0. The van der Waals surface area contributed by atoms with E-state index in [1.807, 2.05) is 30.3 Å². The van der Waals surface area contributed by atoms with Crippen molar-refractivity contribution in [2.24, 2.45) is 0 Å². The summed E-state index contributed by atoms with van der Waals surface area (Å²) in [5.74, 6) is -0.104. The largest absolute Gasteiger partial charge is 0.445 e. The molecule has 2 amide bonds.